The van der Waals surface area contributed by atoms with Crippen molar-refractivity contribution in [2.45, 2.75) is 25.3 Å². The number of carbonyl (C=O) groups is 3. The van der Waals surface area contributed by atoms with E-state index in [1.807, 2.05) is 0 Å². The molecule has 3 rings (SSSR count). The highest BCUT2D eigenvalue weighted by molar-refractivity contribution is 7.91. The topological polar surface area (TPSA) is 121 Å². The van der Waals surface area contributed by atoms with Crippen molar-refractivity contribution in [2.75, 3.05) is 19.5 Å². The molecule has 0 saturated carbocycles. The molecule has 0 spiro atoms. The van der Waals surface area contributed by atoms with Crippen LogP contribution in [0, 0.1) is 0 Å². The Kier molecular flexibility index (Phi) is 7.44. The first-order valence-corrected chi connectivity index (χ1v) is 12.5. The fourth-order valence-electron chi connectivity index (χ4n) is 2.97. The highest BCUT2D eigenvalue weighted by Crippen LogP contribution is 2.20. The van der Waals surface area contributed by atoms with E-state index >= 15 is 0 Å². The number of fused-ring (bicyclic) bond motifs is 1. The van der Waals surface area contributed by atoms with Crippen LogP contribution in [0.25, 0.3) is 10.2 Å². The highest BCUT2D eigenvalue weighted by atomic mass is 32.2. The summed E-state index contributed by atoms with van der Waals surface area (Å²) in [6.45, 7) is 3.30. The molecule has 2 aromatic carbocycles. The van der Waals surface area contributed by atoms with Crippen LogP contribution < -0.4 is 4.80 Å². The smallest absolute Gasteiger partial charge is 0.338 e. The van der Waals surface area contributed by atoms with Crippen LogP contribution >= 0.6 is 11.3 Å². The number of ether oxygens (including phenoxy) is 2. The van der Waals surface area contributed by atoms with Gasteiger partial charge in [0.15, 0.2) is 14.6 Å². The molecule has 174 valence electrons. The predicted octanol–water partition coefficient (Wildman–Crippen LogP) is 2.59. The first kappa shape index (κ1) is 24.3. The number of amides is 1. The molecule has 0 atom stereocenters. The maximum absolute atomic E-state index is 12.8. The summed E-state index contributed by atoms with van der Waals surface area (Å²) in [6, 6.07) is 10.3. The van der Waals surface area contributed by atoms with E-state index in [4.69, 9.17) is 9.47 Å². The van der Waals surface area contributed by atoms with Gasteiger partial charge < -0.3 is 14.0 Å². The van der Waals surface area contributed by atoms with E-state index in [1.165, 1.54) is 35.9 Å². The monoisotopic (exact) mass is 490 g/mol. The van der Waals surface area contributed by atoms with Crippen LogP contribution in [0.4, 0.5) is 0 Å². The van der Waals surface area contributed by atoms with Gasteiger partial charge in [-0.15, -0.1) is 0 Å². The summed E-state index contributed by atoms with van der Waals surface area (Å²) in [6.07, 6.45) is 0. The number of benzene rings is 2. The summed E-state index contributed by atoms with van der Waals surface area (Å²) in [5.41, 5.74) is 1.12. The third-order valence-corrected chi connectivity index (χ3v) is 7.54. The number of thiazole rings is 1. The van der Waals surface area contributed by atoms with E-state index in [-0.39, 0.29) is 34.2 Å². The maximum Gasteiger partial charge on any atom is 0.338 e. The van der Waals surface area contributed by atoms with E-state index in [2.05, 4.69) is 4.99 Å². The van der Waals surface area contributed by atoms with Crippen molar-refractivity contribution in [1.82, 2.24) is 4.57 Å². The Balaban J connectivity index is 2.07. The molecule has 0 unspecified atom stereocenters. The van der Waals surface area contributed by atoms with Crippen LogP contribution in [-0.4, -0.2) is 50.3 Å². The zero-order valence-corrected chi connectivity index (χ0v) is 19.9. The van der Waals surface area contributed by atoms with Crippen LogP contribution in [0.3, 0.4) is 0 Å². The van der Waals surface area contributed by atoms with Gasteiger partial charge in [-0.2, -0.15) is 4.99 Å². The Morgan fingerprint density at radius 1 is 1.03 bits per heavy atom. The van der Waals surface area contributed by atoms with E-state index in [0.29, 0.717) is 15.8 Å². The quantitative estimate of drug-likeness (QED) is 0.467. The Bertz CT molecular complexity index is 1380. The summed E-state index contributed by atoms with van der Waals surface area (Å²) in [4.78, 5) is 41.3. The molecule has 0 aliphatic rings. The van der Waals surface area contributed by atoms with Gasteiger partial charge in [0, 0.05) is 5.56 Å². The van der Waals surface area contributed by atoms with Crippen LogP contribution in [0.5, 0.6) is 0 Å². The van der Waals surface area contributed by atoms with Crippen molar-refractivity contribution in [3.63, 3.8) is 0 Å². The molecule has 0 aliphatic carbocycles. The average molecular weight is 491 g/mol. The lowest BCUT2D eigenvalue weighted by molar-refractivity contribution is -0.141. The van der Waals surface area contributed by atoms with Crippen molar-refractivity contribution in [3.05, 3.63) is 58.4 Å². The summed E-state index contributed by atoms with van der Waals surface area (Å²) >= 11 is 1.12. The van der Waals surface area contributed by atoms with Gasteiger partial charge in [0.2, 0.25) is 0 Å². The highest BCUT2D eigenvalue weighted by Gasteiger charge is 2.16. The molecule has 0 fully saturated rings. The third-order valence-electron chi connectivity index (χ3n) is 4.75. The van der Waals surface area contributed by atoms with Gasteiger partial charge in [-0.25, -0.2) is 13.2 Å². The number of hydrogen-bond acceptors (Lipinski definition) is 8. The first-order chi connectivity index (χ1) is 15.7. The van der Waals surface area contributed by atoms with Gasteiger partial charge in [-0.1, -0.05) is 18.3 Å². The van der Waals surface area contributed by atoms with Gasteiger partial charge in [0.1, 0.15) is 6.54 Å². The molecular formula is C22H22N2O7S2. The molecule has 1 heterocycles. The van der Waals surface area contributed by atoms with E-state index in [9.17, 15) is 22.8 Å². The van der Waals surface area contributed by atoms with Gasteiger partial charge in [-0.3, -0.25) is 9.59 Å². The van der Waals surface area contributed by atoms with Gasteiger partial charge in [-0.05, 0) is 49.4 Å². The molecule has 0 bridgehead atoms. The number of carbonyl (C=O) groups excluding carboxylic acids is 3. The molecule has 0 aliphatic heterocycles. The van der Waals surface area contributed by atoms with Crippen LogP contribution in [0.15, 0.2) is 52.4 Å². The summed E-state index contributed by atoms with van der Waals surface area (Å²) in [5, 5.41) is 0. The normalized spacial score (nSPS) is 12.0. The molecule has 11 heteroatoms. The molecule has 0 N–H and O–H groups in total. The van der Waals surface area contributed by atoms with Gasteiger partial charge in [0.05, 0.1) is 40.1 Å². The van der Waals surface area contributed by atoms with Crippen LogP contribution in [0.1, 0.15) is 34.6 Å². The van der Waals surface area contributed by atoms with Crippen molar-refractivity contribution in [2.24, 2.45) is 4.99 Å². The Morgan fingerprint density at radius 2 is 1.70 bits per heavy atom. The molecule has 1 amide bonds. The summed E-state index contributed by atoms with van der Waals surface area (Å²) < 4.78 is 35.9. The zero-order valence-electron chi connectivity index (χ0n) is 18.2. The Hall–Kier alpha value is -3.31. The minimum Gasteiger partial charge on any atom is -0.468 e. The zero-order chi connectivity index (χ0) is 24.2. The van der Waals surface area contributed by atoms with E-state index in [1.54, 1.807) is 32.0 Å². The largest absolute Gasteiger partial charge is 0.468 e. The third kappa shape index (κ3) is 5.37. The number of aromatic nitrogens is 1. The van der Waals surface area contributed by atoms with E-state index in [0.717, 1.165) is 11.3 Å². The lowest BCUT2D eigenvalue weighted by Gasteiger charge is -2.05. The fraction of sp³-hybridized carbons (Fsp3) is 0.273. The minimum atomic E-state index is -3.39. The second kappa shape index (κ2) is 10.1. The molecule has 0 saturated heterocycles. The van der Waals surface area contributed by atoms with Crippen LogP contribution in [-0.2, 0) is 30.7 Å². The van der Waals surface area contributed by atoms with Gasteiger partial charge >= 0.3 is 11.9 Å². The Morgan fingerprint density at radius 3 is 2.30 bits per heavy atom. The molecular weight excluding hydrogens is 468 g/mol. The number of rotatable bonds is 7. The number of nitrogens with zero attached hydrogens (tertiary/aromatic N) is 2. The van der Waals surface area contributed by atoms with Crippen molar-refractivity contribution in [1.29, 1.82) is 0 Å². The van der Waals surface area contributed by atoms with Crippen molar-refractivity contribution >= 4 is 49.2 Å². The number of hydrogen-bond donors (Lipinski definition) is 0. The average Bonchev–Trinajstić information content (AvgIpc) is 3.14. The molecule has 9 nitrogen and oxygen atoms in total. The Labute approximate surface area is 194 Å². The van der Waals surface area contributed by atoms with Crippen LogP contribution in [0.2, 0.25) is 0 Å². The fourth-order valence-corrected chi connectivity index (χ4v) is 4.92. The SMILES string of the molecule is CCOC(=O)c1ccc2c(c1)sc(=NC(=O)c1ccc(S(=O)(=O)CC)cc1)n2CC(=O)OC. The molecule has 33 heavy (non-hydrogen) atoms. The standard InChI is InChI=1S/C22H22N2O7S2/c1-4-31-21(27)15-8-11-17-18(12-15)32-22(24(17)13-19(25)30-3)23-20(26)14-6-9-16(10-7-14)33(28,29)5-2/h6-12H,4-5,13H2,1-3H3. The molecule has 1 aromatic heterocycles. The maximum atomic E-state index is 12.8. The predicted molar refractivity (Wildman–Crippen MR) is 122 cm³/mol. The minimum absolute atomic E-state index is 0.0478. The number of methoxy groups -OCH3 is 1. The molecule has 3 aromatic rings. The first-order valence-electron chi connectivity index (χ1n) is 9.99. The van der Waals surface area contributed by atoms with Gasteiger partial charge in [0.25, 0.3) is 5.91 Å². The summed E-state index contributed by atoms with van der Waals surface area (Å²) in [5.74, 6) is -1.67. The summed E-state index contributed by atoms with van der Waals surface area (Å²) in [7, 11) is -2.13. The number of sulfone groups is 1. The lowest BCUT2D eigenvalue weighted by Crippen LogP contribution is -2.22. The second-order valence-corrected chi connectivity index (χ2v) is 10.1. The van der Waals surface area contributed by atoms with Crippen molar-refractivity contribution in [3.8, 4) is 0 Å². The second-order valence-electron chi connectivity index (χ2n) is 6.79. The van der Waals surface area contributed by atoms with Crippen molar-refractivity contribution < 1.29 is 32.3 Å². The lowest BCUT2D eigenvalue weighted by atomic mass is 10.2. The van der Waals surface area contributed by atoms with E-state index < -0.39 is 27.7 Å². The molecule has 0 radical (unpaired) electrons. The number of esters is 2.